The van der Waals surface area contributed by atoms with E-state index in [0.717, 1.165) is 130 Å². The van der Waals surface area contributed by atoms with Gasteiger partial charge in [-0.15, -0.1) is 0 Å². The van der Waals surface area contributed by atoms with Crippen molar-refractivity contribution in [2.24, 2.45) is 5.92 Å². The summed E-state index contributed by atoms with van der Waals surface area (Å²) in [6, 6.07) is 11.2. The van der Waals surface area contributed by atoms with Gasteiger partial charge < -0.3 is 70.0 Å². The van der Waals surface area contributed by atoms with Crippen LogP contribution >= 0.6 is 0 Å². The van der Waals surface area contributed by atoms with Crippen LogP contribution in [-0.2, 0) is 38.2 Å². The molecule has 9 aliphatic heterocycles. The van der Waals surface area contributed by atoms with Crippen molar-refractivity contribution in [2.45, 2.75) is 170 Å². The van der Waals surface area contributed by atoms with Crippen LogP contribution < -0.4 is 66.3 Å². The van der Waals surface area contributed by atoms with Gasteiger partial charge in [0.15, 0.2) is 11.6 Å². The van der Waals surface area contributed by atoms with Gasteiger partial charge in [-0.3, -0.25) is 97.6 Å². The number of benzene rings is 4. The molecule has 44 heteroatoms. The van der Waals surface area contributed by atoms with Crippen molar-refractivity contribution in [3.05, 3.63) is 118 Å². The fraction of sp³-hybridized carbons (Fsp3) is 0.542. The summed E-state index contributed by atoms with van der Waals surface area (Å²) in [5.74, 6) is -19.6. The van der Waals surface area contributed by atoms with Gasteiger partial charge in [0.25, 0.3) is 47.3 Å². The van der Waals surface area contributed by atoms with E-state index in [2.05, 4.69) is 66.8 Å². The molecule has 4 aromatic carbocycles. The Balaban J connectivity index is 0.450. The molecule has 4 atom stereocenters. The molecule has 2 aromatic heterocycles. The Morgan fingerprint density at radius 1 is 0.500 bits per heavy atom. The average molecular weight is 1950 g/mol. The largest absolute Gasteiger partial charge is 0.495 e. The molecule has 4 unspecified atom stereocenters. The SMILES string of the molecule is COc1cc(C(=O)N2CCC(N3CCN(CCOCCCNc4ccc5c(c4)C(=O)N(C4CCC(=O)NC4=O)C5=O)CC3)CC2)c(F)cc1Nc1ncc2c(n1)N(C1CCC(CN3C(=O)C(F)(F)CN(C4CCCC4)c4nc(Nc5cc(F)c(C(=O)NC6CCC(N7CCN(CCOCCNc8ccc9c(c8)C(=O)N(C8CCC(=O)NC8=O)C9=O)CC7)CC6)cc5OC)ncc43)C1)CC(F)(F)C(=O)N2C. The highest BCUT2D eigenvalue weighted by molar-refractivity contribution is 6.25. The van der Waals surface area contributed by atoms with Gasteiger partial charge in [0.2, 0.25) is 35.5 Å². The number of methoxy groups -OCH3 is 2. The van der Waals surface area contributed by atoms with Gasteiger partial charge in [-0.1, -0.05) is 12.8 Å². The number of alkyl halides is 4. The molecule has 6 aromatic rings. The fourth-order valence-corrected chi connectivity index (χ4v) is 21.6. The van der Waals surface area contributed by atoms with E-state index in [1.807, 2.05) is 0 Å². The first-order chi connectivity index (χ1) is 67.4. The number of fused-ring (bicyclic) bond motifs is 4. The van der Waals surface area contributed by atoms with Gasteiger partial charge in [0.1, 0.15) is 46.6 Å². The van der Waals surface area contributed by atoms with E-state index in [1.54, 1.807) is 41.3 Å². The van der Waals surface area contributed by atoms with E-state index >= 15 is 26.3 Å². The van der Waals surface area contributed by atoms with Gasteiger partial charge in [-0.2, -0.15) is 27.5 Å². The molecular weight excluding hydrogens is 1830 g/mol. The molecule has 18 rings (SSSR count). The topological polar surface area (TPSA) is 413 Å². The molecule has 12 amide bonds. The number of piperazine rings is 2. The van der Waals surface area contributed by atoms with Gasteiger partial charge in [-0.05, 0) is 144 Å². The summed E-state index contributed by atoms with van der Waals surface area (Å²) in [6.07, 6.45) is 10.5. The second-order valence-electron chi connectivity index (χ2n) is 37.9. The van der Waals surface area contributed by atoms with Crippen LogP contribution in [0.4, 0.5) is 84.0 Å². The maximum atomic E-state index is 16.9. The predicted molar refractivity (Wildman–Crippen MR) is 498 cm³/mol. The minimum Gasteiger partial charge on any atom is -0.495 e. The number of rotatable bonds is 32. The Kier molecular flexibility index (Phi) is 28.9. The highest BCUT2D eigenvalue weighted by Gasteiger charge is 2.54. The molecular formula is C96H114F6N22O16. The average Bonchev–Trinajstić information content (AvgIpc) is 1.61. The molecule has 3 aliphatic carbocycles. The lowest BCUT2D eigenvalue weighted by Gasteiger charge is -2.42. The van der Waals surface area contributed by atoms with Crippen molar-refractivity contribution in [3.8, 4) is 11.5 Å². The van der Waals surface area contributed by atoms with Crippen molar-refractivity contribution < 1.29 is 103 Å². The summed E-state index contributed by atoms with van der Waals surface area (Å²) < 4.78 is 123. The van der Waals surface area contributed by atoms with E-state index in [-0.39, 0.29) is 155 Å². The van der Waals surface area contributed by atoms with E-state index in [9.17, 15) is 57.5 Å². The lowest BCUT2D eigenvalue weighted by Crippen LogP contribution is -2.54. The van der Waals surface area contributed by atoms with Crippen LogP contribution in [0.3, 0.4) is 0 Å². The zero-order valence-corrected chi connectivity index (χ0v) is 78.1. The first-order valence-corrected chi connectivity index (χ1v) is 48.2. The number of ether oxygens (including phenoxy) is 4. The lowest BCUT2D eigenvalue weighted by molar-refractivity contribution is -0.141. The summed E-state index contributed by atoms with van der Waals surface area (Å²) in [7, 11) is 3.82. The third-order valence-electron chi connectivity index (χ3n) is 29.3. The number of carbonyl (C=O) groups excluding carboxylic acids is 12. The Bertz CT molecular complexity index is 5810. The Hall–Kier alpha value is -12.8. The number of imide groups is 4. The number of anilines is 10. The van der Waals surface area contributed by atoms with Gasteiger partial charge in [0, 0.05) is 178 Å². The summed E-state index contributed by atoms with van der Waals surface area (Å²) in [4.78, 5) is 193. The molecule has 5 saturated heterocycles. The molecule has 38 nitrogen and oxygen atoms in total. The molecule has 0 bridgehead atoms. The number of hydrogen-bond acceptors (Lipinski definition) is 30. The molecule has 3 saturated carbocycles. The summed E-state index contributed by atoms with van der Waals surface area (Å²) >= 11 is 0. The number of amides is 12. The first kappa shape index (κ1) is 97.4. The highest BCUT2D eigenvalue weighted by Crippen LogP contribution is 2.47. The summed E-state index contributed by atoms with van der Waals surface area (Å²) in [5, 5.41) is 19.9. The third kappa shape index (κ3) is 20.6. The molecule has 7 N–H and O–H groups in total. The second-order valence-corrected chi connectivity index (χ2v) is 37.9. The monoisotopic (exact) mass is 1940 g/mol. The molecule has 12 aliphatic rings. The normalized spacial score (nSPS) is 23.4. The van der Waals surface area contributed by atoms with Crippen molar-refractivity contribution in [1.29, 1.82) is 0 Å². The summed E-state index contributed by atoms with van der Waals surface area (Å²) in [5.41, 5.74) is 1.36. The number of carbonyl (C=O) groups is 12. The number of nitrogens with zero attached hydrogens (tertiary/aromatic N) is 15. The Labute approximate surface area is 802 Å². The van der Waals surface area contributed by atoms with E-state index < -0.39 is 138 Å². The van der Waals surface area contributed by atoms with Crippen molar-refractivity contribution >= 4 is 129 Å². The van der Waals surface area contributed by atoms with Crippen LogP contribution in [0.1, 0.15) is 178 Å². The number of hydrogen-bond donors (Lipinski definition) is 7. The number of likely N-dealkylation sites (tertiary alicyclic amines) is 1. The van der Waals surface area contributed by atoms with Crippen molar-refractivity contribution in [3.63, 3.8) is 0 Å². The molecule has 11 heterocycles. The predicted octanol–water partition coefficient (Wildman–Crippen LogP) is 7.40. The van der Waals surface area contributed by atoms with Crippen LogP contribution in [0.2, 0.25) is 0 Å². The van der Waals surface area contributed by atoms with E-state index in [0.29, 0.717) is 115 Å². The third-order valence-corrected chi connectivity index (χ3v) is 29.3. The standard InChI is InChI=1S/C96H114F6N22O16/c1-114-75-50-105-93(109-72-49-70(98)68(47-78(72)138-3)86(130)119-27-23-60(24-28-119)118-35-31-115(32-36-118)37-41-139-39-6-25-103-57-12-17-63-65(44-57)89(133)123(87(63)131)73-19-21-79(125)110-84(73)128)112-81(75)122(53-95(99,100)91(114)135)62-14-9-55(43-62)52-120-76-51-106-94(113-82(76)121(61-7-4-5-8-61)54-96(101,102)92(120)136)108-71-48-69(97)67(46-77(71)137-2)83(127)107-56-10-15-59(16-11-56)117-33-29-116(30-34-117)38-42-140-40-26-104-58-13-18-64-66(45-58)90(134)124(88(64)132)74-20-22-80(126)111-85(74)129/h12-13,17-18,44-51,55-56,59-62,73-74,103-104H,4-11,14-16,19-43,52-54H2,1-3H3,(H,107,127)(H,105,109,112)(H,106,108,113)(H,110,125,128)(H,111,126,129). The molecule has 8 fully saturated rings. The van der Waals surface area contributed by atoms with Crippen molar-refractivity contribution in [2.75, 3.05) is 200 Å². The molecule has 0 radical (unpaired) electrons. The molecule has 746 valence electrons. The van der Waals surface area contributed by atoms with Crippen LogP contribution in [0, 0.1) is 17.6 Å². The van der Waals surface area contributed by atoms with E-state index in [4.69, 9.17) is 28.9 Å². The van der Waals surface area contributed by atoms with Crippen LogP contribution in [0.25, 0.3) is 0 Å². The van der Waals surface area contributed by atoms with Crippen molar-refractivity contribution in [1.82, 2.24) is 70.2 Å². The van der Waals surface area contributed by atoms with Crippen LogP contribution in [0.15, 0.2) is 73.1 Å². The summed E-state index contributed by atoms with van der Waals surface area (Å²) in [6.45, 7) is 9.20. The Morgan fingerprint density at radius 2 is 0.986 bits per heavy atom. The number of nitrogens with one attached hydrogen (secondary N) is 7. The maximum absolute atomic E-state index is 16.9. The number of piperidine rings is 3. The zero-order valence-electron chi connectivity index (χ0n) is 78.1. The van der Waals surface area contributed by atoms with E-state index in [1.165, 1.54) is 48.5 Å². The smallest absolute Gasteiger partial charge is 0.342 e. The van der Waals surface area contributed by atoms with Gasteiger partial charge in [0.05, 0.1) is 104 Å². The molecule has 0 spiro atoms. The highest BCUT2D eigenvalue weighted by atomic mass is 19.3. The molecule has 140 heavy (non-hydrogen) atoms. The minimum absolute atomic E-state index is 0.00574. The van der Waals surface area contributed by atoms with Crippen LogP contribution in [-0.4, -0.2) is 338 Å². The quantitative estimate of drug-likeness (QED) is 0.0123. The fourth-order valence-electron chi connectivity index (χ4n) is 21.6. The maximum Gasteiger partial charge on any atom is 0.342 e. The first-order valence-electron chi connectivity index (χ1n) is 48.2. The number of halogens is 6. The number of aromatic nitrogens is 4. The minimum atomic E-state index is -3.99. The zero-order chi connectivity index (χ0) is 98.1. The lowest BCUT2D eigenvalue weighted by atomic mass is 9.89. The van der Waals surface area contributed by atoms with Gasteiger partial charge >= 0.3 is 11.8 Å². The second kappa shape index (κ2) is 41.6. The Morgan fingerprint density at radius 3 is 1.54 bits per heavy atom. The van der Waals surface area contributed by atoms with Gasteiger partial charge in [-0.25, -0.2) is 18.7 Å². The van der Waals surface area contributed by atoms with Crippen LogP contribution in [0.5, 0.6) is 11.5 Å².